The van der Waals surface area contributed by atoms with E-state index in [1.54, 1.807) is 0 Å². The van der Waals surface area contributed by atoms with Gasteiger partial charge in [0.15, 0.2) is 9.84 Å². The maximum absolute atomic E-state index is 13.2. The first-order valence-corrected chi connectivity index (χ1v) is 8.04. The molecule has 0 amide bonds. The van der Waals surface area contributed by atoms with Crippen molar-refractivity contribution in [1.82, 2.24) is 0 Å². The summed E-state index contributed by atoms with van der Waals surface area (Å²) in [6.45, 7) is 3.84. The Labute approximate surface area is 113 Å². The standard InChI is InChI=1S/C14H19FO3S/c1-9-6-10(2)14(13(16)7-9)19(17,18)12-5-3-4-11(15)8-12/h3-5,8-10,13-14,16H,6-7H2,1-2H3. The molecule has 106 valence electrons. The smallest absolute Gasteiger partial charge is 0.184 e. The highest BCUT2D eigenvalue weighted by Gasteiger charge is 2.42. The largest absolute Gasteiger partial charge is 0.392 e. The lowest BCUT2D eigenvalue weighted by molar-refractivity contribution is 0.0843. The Balaban J connectivity index is 2.39. The SMILES string of the molecule is CC1CC(C)C(S(=O)(=O)c2cccc(F)c2)C(O)C1. The van der Waals surface area contributed by atoms with Crippen LogP contribution in [-0.4, -0.2) is 24.9 Å². The van der Waals surface area contributed by atoms with Crippen molar-refractivity contribution in [2.75, 3.05) is 0 Å². The minimum atomic E-state index is -3.70. The molecule has 4 unspecified atom stereocenters. The summed E-state index contributed by atoms with van der Waals surface area (Å²) in [4.78, 5) is -0.0436. The average Bonchev–Trinajstić information content (AvgIpc) is 2.26. The van der Waals surface area contributed by atoms with Crippen LogP contribution in [0.15, 0.2) is 29.2 Å². The summed E-state index contributed by atoms with van der Waals surface area (Å²) in [5, 5.41) is 9.26. The molecule has 1 saturated carbocycles. The lowest BCUT2D eigenvalue weighted by Gasteiger charge is -2.36. The Kier molecular flexibility index (Phi) is 3.97. The summed E-state index contributed by atoms with van der Waals surface area (Å²) in [6.07, 6.45) is 0.354. The van der Waals surface area contributed by atoms with Crippen LogP contribution in [0.25, 0.3) is 0 Å². The van der Waals surface area contributed by atoms with Crippen molar-refractivity contribution in [3.8, 4) is 0 Å². The summed E-state index contributed by atoms with van der Waals surface area (Å²) in [6, 6.07) is 5.00. The first kappa shape index (κ1) is 14.5. The summed E-state index contributed by atoms with van der Waals surface area (Å²) in [7, 11) is -3.70. The topological polar surface area (TPSA) is 54.4 Å². The minimum Gasteiger partial charge on any atom is -0.392 e. The lowest BCUT2D eigenvalue weighted by Crippen LogP contribution is -2.44. The van der Waals surface area contributed by atoms with Gasteiger partial charge in [0.1, 0.15) is 5.82 Å². The lowest BCUT2D eigenvalue weighted by atomic mass is 9.81. The third-order valence-electron chi connectivity index (χ3n) is 3.84. The third kappa shape index (κ3) is 2.82. The molecular formula is C14H19FO3S. The molecule has 1 N–H and O–H groups in total. The van der Waals surface area contributed by atoms with E-state index in [1.165, 1.54) is 18.2 Å². The molecule has 0 spiro atoms. The van der Waals surface area contributed by atoms with E-state index in [-0.39, 0.29) is 10.8 Å². The number of sulfone groups is 1. The Bertz CT molecular complexity index is 544. The fourth-order valence-corrected chi connectivity index (χ4v) is 5.21. The molecule has 1 fully saturated rings. The van der Waals surface area contributed by atoms with Gasteiger partial charge in [-0.25, -0.2) is 12.8 Å². The van der Waals surface area contributed by atoms with Gasteiger partial charge in [0, 0.05) is 0 Å². The monoisotopic (exact) mass is 286 g/mol. The molecule has 0 saturated heterocycles. The molecule has 1 aromatic carbocycles. The number of hydrogen-bond acceptors (Lipinski definition) is 3. The Morgan fingerprint density at radius 3 is 2.53 bits per heavy atom. The molecule has 0 heterocycles. The van der Waals surface area contributed by atoms with Crippen molar-refractivity contribution in [2.45, 2.75) is 42.9 Å². The molecule has 5 heteroatoms. The molecule has 0 bridgehead atoms. The summed E-state index contributed by atoms with van der Waals surface area (Å²) >= 11 is 0. The van der Waals surface area contributed by atoms with Crippen LogP contribution in [0.2, 0.25) is 0 Å². The molecular weight excluding hydrogens is 267 g/mol. The van der Waals surface area contributed by atoms with Crippen LogP contribution in [0.3, 0.4) is 0 Å². The zero-order valence-corrected chi connectivity index (χ0v) is 11.9. The van der Waals surface area contributed by atoms with Gasteiger partial charge in [-0.05, 0) is 42.9 Å². The van der Waals surface area contributed by atoms with Crippen molar-refractivity contribution in [2.24, 2.45) is 11.8 Å². The Morgan fingerprint density at radius 1 is 1.26 bits per heavy atom. The fourth-order valence-electron chi connectivity index (χ4n) is 3.10. The Morgan fingerprint density at radius 2 is 1.95 bits per heavy atom. The number of rotatable bonds is 2. The molecule has 1 aliphatic carbocycles. The van der Waals surface area contributed by atoms with Crippen LogP contribution in [0, 0.1) is 17.7 Å². The summed E-state index contributed by atoms with van der Waals surface area (Å²) < 4.78 is 38.3. The van der Waals surface area contributed by atoms with E-state index in [2.05, 4.69) is 0 Å². The van der Waals surface area contributed by atoms with Crippen LogP contribution in [-0.2, 0) is 9.84 Å². The highest BCUT2D eigenvalue weighted by atomic mass is 32.2. The number of aliphatic hydroxyl groups excluding tert-OH is 1. The van der Waals surface area contributed by atoms with E-state index >= 15 is 0 Å². The molecule has 3 nitrogen and oxygen atoms in total. The van der Waals surface area contributed by atoms with Gasteiger partial charge in [-0.1, -0.05) is 19.9 Å². The molecule has 0 radical (unpaired) electrons. The van der Waals surface area contributed by atoms with Gasteiger partial charge in [-0.3, -0.25) is 0 Å². The van der Waals surface area contributed by atoms with Crippen LogP contribution >= 0.6 is 0 Å². The number of hydrogen-bond donors (Lipinski definition) is 1. The maximum Gasteiger partial charge on any atom is 0.184 e. The van der Waals surface area contributed by atoms with Gasteiger partial charge < -0.3 is 5.11 Å². The van der Waals surface area contributed by atoms with E-state index in [9.17, 15) is 17.9 Å². The van der Waals surface area contributed by atoms with Gasteiger partial charge >= 0.3 is 0 Å². The highest BCUT2D eigenvalue weighted by Crippen LogP contribution is 2.36. The number of benzene rings is 1. The van der Waals surface area contributed by atoms with Crippen LogP contribution in [0.4, 0.5) is 4.39 Å². The van der Waals surface area contributed by atoms with Crippen LogP contribution in [0.1, 0.15) is 26.7 Å². The minimum absolute atomic E-state index is 0.0436. The molecule has 0 aliphatic heterocycles. The predicted molar refractivity (Wildman–Crippen MR) is 70.9 cm³/mol. The van der Waals surface area contributed by atoms with Crippen molar-refractivity contribution >= 4 is 9.84 Å². The summed E-state index contributed by atoms with van der Waals surface area (Å²) in [5.41, 5.74) is 0. The molecule has 1 aliphatic rings. The number of halogens is 1. The second kappa shape index (κ2) is 5.21. The average molecular weight is 286 g/mol. The fraction of sp³-hybridized carbons (Fsp3) is 0.571. The van der Waals surface area contributed by atoms with Gasteiger partial charge in [-0.2, -0.15) is 0 Å². The zero-order chi connectivity index (χ0) is 14.2. The quantitative estimate of drug-likeness (QED) is 0.908. The van der Waals surface area contributed by atoms with E-state index in [0.29, 0.717) is 12.3 Å². The molecule has 1 aromatic rings. The second-order valence-corrected chi connectivity index (χ2v) is 7.69. The maximum atomic E-state index is 13.2. The van der Waals surface area contributed by atoms with Crippen molar-refractivity contribution in [1.29, 1.82) is 0 Å². The van der Waals surface area contributed by atoms with Gasteiger partial charge in [0.2, 0.25) is 0 Å². The molecule has 0 aromatic heterocycles. The highest BCUT2D eigenvalue weighted by molar-refractivity contribution is 7.92. The third-order valence-corrected chi connectivity index (χ3v) is 6.25. The number of aliphatic hydroxyl groups is 1. The zero-order valence-electron chi connectivity index (χ0n) is 11.1. The van der Waals surface area contributed by atoms with Crippen molar-refractivity contribution in [3.05, 3.63) is 30.1 Å². The molecule has 4 atom stereocenters. The first-order valence-electron chi connectivity index (χ1n) is 6.50. The van der Waals surface area contributed by atoms with Crippen molar-refractivity contribution in [3.63, 3.8) is 0 Å². The summed E-state index contributed by atoms with van der Waals surface area (Å²) in [5.74, 6) is -0.400. The van der Waals surface area contributed by atoms with Crippen LogP contribution in [0.5, 0.6) is 0 Å². The first-order chi connectivity index (χ1) is 8.82. The molecule has 2 rings (SSSR count). The van der Waals surface area contributed by atoms with E-state index in [4.69, 9.17) is 0 Å². The normalized spacial score (nSPS) is 32.2. The predicted octanol–water partition coefficient (Wildman–Crippen LogP) is 2.39. The molecule has 19 heavy (non-hydrogen) atoms. The van der Waals surface area contributed by atoms with E-state index in [1.807, 2.05) is 13.8 Å². The van der Waals surface area contributed by atoms with Crippen molar-refractivity contribution < 1.29 is 17.9 Å². The Hall–Kier alpha value is -0.940. The van der Waals surface area contributed by atoms with Gasteiger partial charge in [-0.15, -0.1) is 0 Å². The van der Waals surface area contributed by atoms with Gasteiger partial charge in [0.25, 0.3) is 0 Å². The second-order valence-electron chi connectivity index (χ2n) is 5.59. The van der Waals surface area contributed by atoms with Crippen LogP contribution < -0.4 is 0 Å². The van der Waals surface area contributed by atoms with Gasteiger partial charge in [0.05, 0.1) is 16.2 Å². The van der Waals surface area contributed by atoms with E-state index in [0.717, 1.165) is 12.5 Å². The van der Waals surface area contributed by atoms with E-state index < -0.39 is 27.0 Å².